The zero-order chi connectivity index (χ0) is 13.9. The highest BCUT2D eigenvalue weighted by atomic mass is 16.6. The van der Waals surface area contributed by atoms with Crippen molar-refractivity contribution in [3.05, 3.63) is 22.4 Å². The molecule has 0 saturated heterocycles. The molecule has 1 aromatic heterocycles. The zero-order valence-corrected chi connectivity index (χ0v) is 9.78. The maximum Gasteiger partial charge on any atom is 0.389 e. The van der Waals surface area contributed by atoms with Crippen LogP contribution in [0.15, 0.2) is 12.3 Å². The van der Waals surface area contributed by atoms with Gasteiger partial charge < -0.3 is 20.5 Å². The molecule has 18 heavy (non-hydrogen) atoms. The van der Waals surface area contributed by atoms with Gasteiger partial charge in [0.2, 0.25) is 5.91 Å². The Bertz CT molecular complexity index is 493. The highest BCUT2D eigenvalue weighted by Gasteiger charge is 2.29. The number of hydrogen-bond donors (Lipinski definition) is 2. The van der Waals surface area contributed by atoms with E-state index >= 15 is 0 Å². The van der Waals surface area contributed by atoms with Crippen LogP contribution in [0.25, 0.3) is 0 Å². The first kappa shape index (κ1) is 13.6. The molecule has 0 spiro atoms. The Kier molecular flexibility index (Phi) is 3.64. The van der Waals surface area contributed by atoms with Crippen LogP contribution >= 0.6 is 0 Å². The van der Waals surface area contributed by atoms with Gasteiger partial charge in [0.15, 0.2) is 0 Å². The maximum absolute atomic E-state index is 11.5. The first-order chi connectivity index (χ1) is 8.22. The number of carboxylic acids is 1. The summed E-state index contributed by atoms with van der Waals surface area (Å²) in [7, 11) is 0. The number of nitro groups is 1. The molecule has 0 unspecified atom stereocenters. The number of carbonyl (C=O) groups is 2. The average molecular weight is 256 g/mol. The predicted molar refractivity (Wildman–Crippen MR) is 58.7 cm³/mol. The monoisotopic (exact) mass is 256 g/mol. The second kappa shape index (κ2) is 4.82. The summed E-state index contributed by atoms with van der Waals surface area (Å²) in [6.45, 7) is 2.38. The van der Waals surface area contributed by atoms with Gasteiger partial charge in [-0.3, -0.25) is 4.79 Å². The Morgan fingerprint density at radius 3 is 2.67 bits per heavy atom. The lowest BCUT2D eigenvalue weighted by molar-refractivity contribution is -0.389. The van der Waals surface area contributed by atoms with Crippen LogP contribution in [0.4, 0.5) is 5.82 Å². The number of hydrogen-bond acceptors (Lipinski definition) is 5. The Morgan fingerprint density at radius 1 is 1.61 bits per heavy atom. The molecule has 98 valence electrons. The van der Waals surface area contributed by atoms with E-state index in [0.717, 1.165) is 10.7 Å². The second-order valence-electron chi connectivity index (χ2n) is 4.11. The molecule has 0 aliphatic heterocycles. The predicted octanol–water partition coefficient (Wildman–Crippen LogP) is -0.229. The molecule has 0 saturated carbocycles. The van der Waals surface area contributed by atoms with Crippen LogP contribution in [0.2, 0.25) is 0 Å². The van der Waals surface area contributed by atoms with Crippen LogP contribution in [-0.2, 0) is 16.1 Å². The summed E-state index contributed by atoms with van der Waals surface area (Å²) in [4.78, 5) is 32.0. The number of aromatic nitrogens is 2. The number of nitrogens with one attached hydrogen (secondary N) is 1. The van der Waals surface area contributed by atoms with E-state index in [0.29, 0.717) is 0 Å². The lowest BCUT2D eigenvalue weighted by Crippen LogP contribution is -2.50. The number of nitrogens with zero attached hydrogens (tertiary/aromatic N) is 3. The van der Waals surface area contributed by atoms with Crippen LogP contribution in [0, 0.1) is 10.1 Å². The number of carbonyl (C=O) groups excluding carboxylic acids is 1. The van der Waals surface area contributed by atoms with Gasteiger partial charge in [-0.25, -0.2) is 4.79 Å². The van der Waals surface area contributed by atoms with Gasteiger partial charge in [0.25, 0.3) is 0 Å². The van der Waals surface area contributed by atoms with Gasteiger partial charge in [0, 0.05) is 0 Å². The molecule has 1 heterocycles. The Balaban J connectivity index is 2.65. The molecule has 0 fully saturated rings. The summed E-state index contributed by atoms with van der Waals surface area (Å²) in [5.74, 6) is -2.15. The maximum atomic E-state index is 11.5. The molecule has 0 bridgehead atoms. The third kappa shape index (κ3) is 3.27. The summed E-state index contributed by atoms with van der Waals surface area (Å²) in [5.41, 5.74) is -1.41. The lowest BCUT2D eigenvalue weighted by Gasteiger charge is -2.20. The molecule has 9 nitrogen and oxygen atoms in total. The number of aliphatic carboxylic acids is 1. The van der Waals surface area contributed by atoms with Gasteiger partial charge in [-0.15, -0.1) is 0 Å². The molecular weight excluding hydrogens is 244 g/mol. The van der Waals surface area contributed by atoms with E-state index in [1.807, 2.05) is 0 Å². The molecule has 0 atom stereocenters. The summed E-state index contributed by atoms with van der Waals surface area (Å²) in [6.07, 6.45) is 1.27. The van der Waals surface area contributed by atoms with Gasteiger partial charge in [-0.1, -0.05) is 0 Å². The molecular formula is C9H12N4O5. The van der Waals surface area contributed by atoms with Crippen molar-refractivity contribution < 1.29 is 19.6 Å². The van der Waals surface area contributed by atoms with Crippen molar-refractivity contribution in [1.82, 2.24) is 15.1 Å². The molecule has 0 radical (unpaired) electrons. The molecule has 9 heteroatoms. The highest BCUT2D eigenvalue weighted by Crippen LogP contribution is 2.06. The smallest absolute Gasteiger partial charge is 0.389 e. The normalized spacial score (nSPS) is 11.0. The molecule has 0 aromatic carbocycles. The Morgan fingerprint density at radius 2 is 2.22 bits per heavy atom. The van der Waals surface area contributed by atoms with Gasteiger partial charge in [-0.2, -0.15) is 4.68 Å². The average Bonchev–Trinajstić information content (AvgIpc) is 2.64. The summed E-state index contributed by atoms with van der Waals surface area (Å²) in [5, 5.41) is 25.0. The number of carboxylic acid groups (broad SMARTS) is 1. The molecule has 1 amide bonds. The van der Waals surface area contributed by atoms with Crippen molar-refractivity contribution in [1.29, 1.82) is 0 Å². The fourth-order valence-electron chi connectivity index (χ4n) is 1.13. The minimum absolute atomic E-state index is 0.287. The summed E-state index contributed by atoms with van der Waals surface area (Å²) >= 11 is 0. The molecule has 0 aliphatic carbocycles. The topological polar surface area (TPSA) is 127 Å². The van der Waals surface area contributed by atoms with Crippen LogP contribution in [0.1, 0.15) is 13.8 Å². The lowest BCUT2D eigenvalue weighted by atomic mass is 10.1. The summed E-state index contributed by atoms with van der Waals surface area (Å²) in [6, 6.07) is 1.15. The summed E-state index contributed by atoms with van der Waals surface area (Å²) < 4.78 is 1.06. The Hall–Kier alpha value is -2.45. The van der Waals surface area contributed by atoms with Crippen LogP contribution < -0.4 is 5.32 Å². The highest BCUT2D eigenvalue weighted by molar-refractivity contribution is 5.86. The van der Waals surface area contributed by atoms with E-state index in [1.165, 1.54) is 20.0 Å². The standard InChI is InChI=1S/C9H12N4O5/c1-9(2,8(15)16)10-7(14)5-12-4-3-6(11-12)13(17)18/h3-4H,5H2,1-2H3,(H,10,14)(H,15,16). The number of amides is 1. The molecule has 1 rings (SSSR count). The van der Waals surface area contributed by atoms with Crippen molar-refractivity contribution in [2.75, 3.05) is 0 Å². The minimum atomic E-state index is -1.41. The van der Waals surface area contributed by atoms with Gasteiger partial charge in [0.1, 0.15) is 12.1 Å². The van der Waals surface area contributed by atoms with E-state index in [2.05, 4.69) is 10.4 Å². The fourth-order valence-corrected chi connectivity index (χ4v) is 1.13. The second-order valence-corrected chi connectivity index (χ2v) is 4.11. The van der Waals surface area contributed by atoms with E-state index in [1.54, 1.807) is 0 Å². The van der Waals surface area contributed by atoms with Crippen molar-refractivity contribution in [3.63, 3.8) is 0 Å². The number of rotatable bonds is 5. The van der Waals surface area contributed by atoms with E-state index in [-0.39, 0.29) is 12.4 Å². The molecule has 2 N–H and O–H groups in total. The van der Waals surface area contributed by atoms with Crippen molar-refractivity contribution >= 4 is 17.7 Å². The van der Waals surface area contributed by atoms with Gasteiger partial charge in [-0.05, 0) is 18.8 Å². The van der Waals surface area contributed by atoms with Crippen LogP contribution in [0.3, 0.4) is 0 Å². The quantitative estimate of drug-likeness (QED) is 0.553. The van der Waals surface area contributed by atoms with Gasteiger partial charge in [0.05, 0.1) is 17.4 Å². The Labute approximate surface area is 102 Å². The largest absolute Gasteiger partial charge is 0.480 e. The van der Waals surface area contributed by atoms with Gasteiger partial charge >= 0.3 is 11.8 Å². The zero-order valence-electron chi connectivity index (χ0n) is 9.78. The van der Waals surface area contributed by atoms with E-state index < -0.39 is 22.3 Å². The van der Waals surface area contributed by atoms with Crippen LogP contribution in [0.5, 0.6) is 0 Å². The molecule has 0 aliphatic rings. The SMILES string of the molecule is CC(C)(NC(=O)Cn1ccc([N+](=O)[O-])n1)C(=O)O. The van der Waals surface area contributed by atoms with Crippen LogP contribution in [-0.4, -0.2) is 37.2 Å². The van der Waals surface area contributed by atoms with Crippen molar-refractivity contribution in [3.8, 4) is 0 Å². The third-order valence-corrected chi connectivity index (χ3v) is 2.11. The van der Waals surface area contributed by atoms with Crippen molar-refractivity contribution in [2.45, 2.75) is 25.9 Å². The van der Waals surface area contributed by atoms with Crippen molar-refractivity contribution in [2.24, 2.45) is 0 Å². The first-order valence-electron chi connectivity index (χ1n) is 4.94. The minimum Gasteiger partial charge on any atom is -0.480 e. The third-order valence-electron chi connectivity index (χ3n) is 2.11. The van der Waals surface area contributed by atoms with E-state index in [9.17, 15) is 19.7 Å². The molecule has 1 aromatic rings. The fraction of sp³-hybridized carbons (Fsp3) is 0.444. The van der Waals surface area contributed by atoms with E-state index in [4.69, 9.17) is 5.11 Å². The first-order valence-corrected chi connectivity index (χ1v) is 4.94.